The second-order valence-electron chi connectivity index (χ2n) is 5.13. The highest BCUT2D eigenvalue weighted by Crippen LogP contribution is 2.11. The molecule has 1 heterocycles. The molecule has 1 aromatic carbocycles. The fourth-order valence-electron chi connectivity index (χ4n) is 2.19. The van der Waals surface area contributed by atoms with Gasteiger partial charge >= 0.3 is 0 Å². The molecule has 1 aliphatic rings. The van der Waals surface area contributed by atoms with Crippen LogP contribution >= 0.6 is 11.6 Å². The first kappa shape index (κ1) is 15.6. The lowest BCUT2D eigenvalue weighted by Crippen LogP contribution is -2.36. The van der Waals surface area contributed by atoms with Crippen LogP contribution in [0.15, 0.2) is 30.3 Å². The van der Waals surface area contributed by atoms with Gasteiger partial charge in [0.1, 0.15) is 0 Å². The van der Waals surface area contributed by atoms with Gasteiger partial charge in [-0.2, -0.15) is 0 Å². The van der Waals surface area contributed by atoms with Gasteiger partial charge in [0.05, 0.1) is 0 Å². The first-order valence-corrected chi connectivity index (χ1v) is 7.40. The van der Waals surface area contributed by atoms with Gasteiger partial charge in [-0.1, -0.05) is 23.7 Å². The van der Waals surface area contributed by atoms with E-state index in [-0.39, 0.29) is 11.8 Å². The summed E-state index contributed by atoms with van der Waals surface area (Å²) in [6.07, 6.45) is 4.85. The molecule has 2 rings (SSSR count). The Morgan fingerprint density at radius 3 is 2.71 bits per heavy atom. The van der Waals surface area contributed by atoms with Crippen LogP contribution in [0.3, 0.4) is 0 Å². The van der Waals surface area contributed by atoms with Crippen molar-refractivity contribution in [2.45, 2.75) is 12.8 Å². The third-order valence-electron chi connectivity index (χ3n) is 3.54. The molecule has 1 aromatic rings. The zero-order chi connectivity index (χ0) is 15.2. The lowest BCUT2D eigenvalue weighted by atomic mass is 10.2. The van der Waals surface area contributed by atoms with E-state index in [0.29, 0.717) is 24.5 Å². The zero-order valence-electron chi connectivity index (χ0n) is 12.1. The molecule has 0 spiro atoms. The van der Waals surface area contributed by atoms with Crippen LogP contribution in [0.5, 0.6) is 0 Å². The van der Waals surface area contributed by atoms with Gasteiger partial charge in [-0.3, -0.25) is 9.59 Å². The monoisotopic (exact) mass is 306 g/mol. The first-order valence-electron chi connectivity index (χ1n) is 7.03. The van der Waals surface area contributed by atoms with Gasteiger partial charge in [0.15, 0.2) is 0 Å². The van der Waals surface area contributed by atoms with E-state index in [1.165, 1.54) is 6.08 Å². The number of nitrogens with zero attached hydrogens (tertiary/aromatic N) is 2. The third-order valence-corrected chi connectivity index (χ3v) is 3.79. The van der Waals surface area contributed by atoms with Crippen molar-refractivity contribution >= 4 is 29.5 Å². The van der Waals surface area contributed by atoms with Crippen molar-refractivity contribution in [3.63, 3.8) is 0 Å². The molecule has 0 radical (unpaired) electrons. The first-order chi connectivity index (χ1) is 10.1. The highest BCUT2D eigenvalue weighted by Gasteiger charge is 2.20. The van der Waals surface area contributed by atoms with Crippen molar-refractivity contribution in [3.8, 4) is 0 Å². The van der Waals surface area contributed by atoms with Crippen molar-refractivity contribution in [1.29, 1.82) is 0 Å². The van der Waals surface area contributed by atoms with Gasteiger partial charge < -0.3 is 9.80 Å². The average molecular weight is 307 g/mol. The molecule has 0 aliphatic carbocycles. The summed E-state index contributed by atoms with van der Waals surface area (Å²) < 4.78 is 0. The number of hydrogen-bond acceptors (Lipinski definition) is 2. The van der Waals surface area contributed by atoms with E-state index in [1.807, 2.05) is 17.0 Å². The fraction of sp³-hybridized carbons (Fsp3) is 0.375. The molecule has 1 saturated heterocycles. The van der Waals surface area contributed by atoms with Crippen LogP contribution in [0.25, 0.3) is 6.08 Å². The van der Waals surface area contributed by atoms with E-state index in [2.05, 4.69) is 0 Å². The molecule has 1 aliphatic heterocycles. The number of carbonyl (C=O) groups is 2. The Bertz CT molecular complexity index is 540. The largest absolute Gasteiger partial charge is 0.341 e. The molecule has 0 saturated carbocycles. The van der Waals surface area contributed by atoms with Gasteiger partial charge in [-0.05, 0) is 30.2 Å². The molecule has 0 unspecified atom stereocenters. The second kappa shape index (κ2) is 7.27. The van der Waals surface area contributed by atoms with E-state index in [4.69, 9.17) is 11.6 Å². The SMILES string of the molecule is CN(CCN1CCCC1=O)C(=O)/C=C\c1ccc(Cl)cc1. The van der Waals surface area contributed by atoms with E-state index >= 15 is 0 Å². The van der Waals surface area contributed by atoms with Gasteiger partial charge in [-0.15, -0.1) is 0 Å². The molecule has 21 heavy (non-hydrogen) atoms. The predicted molar refractivity (Wildman–Crippen MR) is 83.9 cm³/mol. The van der Waals surface area contributed by atoms with Crippen molar-refractivity contribution in [2.24, 2.45) is 0 Å². The summed E-state index contributed by atoms with van der Waals surface area (Å²) in [6, 6.07) is 7.28. The van der Waals surface area contributed by atoms with Crippen LogP contribution in [-0.4, -0.2) is 48.3 Å². The minimum Gasteiger partial charge on any atom is -0.341 e. The van der Waals surface area contributed by atoms with E-state index in [0.717, 1.165) is 18.5 Å². The second-order valence-corrected chi connectivity index (χ2v) is 5.57. The number of rotatable bonds is 5. The molecule has 4 nitrogen and oxygen atoms in total. The quantitative estimate of drug-likeness (QED) is 0.784. The van der Waals surface area contributed by atoms with Crippen LogP contribution in [0.2, 0.25) is 5.02 Å². The Morgan fingerprint density at radius 1 is 1.38 bits per heavy atom. The Hall–Kier alpha value is -1.81. The number of likely N-dealkylation sites (tertiary alicyclic amines) is 1. The molecular formula is C16H19ClN2O2. The zero-order valence-corrected chi connectivity index (χ0v) is 12.8. The van der Waals surface area contributed by atoms with Gasteiger partial charge in [-0.25, -0.2) is 0 Å². The number of amides is 2. The third kappa shape index (κ3) is 4.60. The molecule has 0 aromatic heterocycles. The van der Waals surface area contributed by atoms with Gasteiger partial charge in [0.2, 0.25) is 11.8 Å². The molecule has 112 valence electrons. The minimum atomic E-state index is -0.0726. The van der Waals surface area contributed by atoms with Crippen LogP contribution in [0.1, 0.15) is 18.4 Å². The van der Waals surface area contributed by atoms with Crippen LogP contribution in [0.4, 0.5) is 0 Å². The standard InChI is InChI=1S/C16H19ClN2O2/c1-18(11-12-19-10-2-3-16(19)21)15(20)9-6-13-4-7-14(17)8-5-13/h4-9H,2-3,10-12H2,1H3/b9-6-. The minimum absolute atomic E-state index is 0.0726. The van der Waals surface area contributed by atoms with Gasteiger partial charge in [0.25, 0.3) is 0 Å². The number of halogens is 1. The van der Waals surface area contributed by atoms with E-state index in [9.17, 15) is 9.59 Å². The highest BCUT2D eigenvalue weighted by molar-refractivity contribution is 6.30. The van der Waals surface area contributed by atoms with Crippen LogP contribution in [-0.2, 0) is 9.59 Å². The normalized spacial score (nSPS) is 15.0. The summed E-state index contributed by atoms with van der Waals surface area (Å²) in [4.78, 5) is 26.9. The van der Waals surface area contributed by atoms with Crippen LogP contribution in [0, 0.1) is 0 Å². The molecule has 2 amide bonds. The molecule has 5 heteroatoms. The smallest absolute Gasteiger partial charge is 0.246 e. The van der Waals surface area contributed by atoms with Crippen LogP contribution < -0.4 is 0 Å². The van der Waals surface area contributed by atoms with Crippen molar-refractivity contribution in [3.05, 3.63) is 40.9 Å². The maximum Gasteiger partial charge on any atom is 0.246 e. The summed E-state index contributed by atoms with van der Waals surface area (Å²) >= 11 is 5.81. The van der Waals surface area contributed by atoms with E-state index in [1.54, 1.807) is 30.2 Å². The fourth-order valence-corrected chi connectivity index (χ4v) is 2.32. The Balaban J connectivity index is 1.81. The van der Waals surface area contributed by atoms with Crippen molar-refractivity contribution in [1.82, 2.24) is 9.80 Å². The van der Waals surface area contributed by atoms with Crippen molar-refractivity contribution in [2.75, 3.05) is 26.7 Å². The number of carbonyl (C=O) groups excluding carboxylic acids is 2. The maximum absolute atomic E-state index is 12.0. The van der Waals surface area contributed by atoms with Gasteiger partial charge in [0, 0.05) is 44.2 Å². The number of benzene rings is 1. The summed E-state index contributed by atoms with van der Waals surface area (Å²) in [5.74, 6) is 0.115. The summed E-state index contributed by atoms with van der Waals surface area (Å²) in [7, 11) is 1.75. The summed E-state index contributed by atoms with van der Waals surface area (Å²) in [6.45, 7) is 1.97. The molecule has 0 bridgehead atoms. The predicted octanol–water partition coefficient (Wildman–Crippen LogP) is 2.43. The summed E-state index contributed by atoms with van der Waals surface area (Å²) in [5.41, 5.74) is 0.927. The summed E-state index contributed by atoms with van der Waals surface area (Å²) in [5, 5.41) is 0.672. The molecular weight excluding hydrogens is 288 g/mol. The number of likely N-dealkylation sites (N-methyl/N-ethyl adjacent to an activating group) is 1. The Labute approximate surface area is 130 Å². The highest BCUT2D eigenvalue weighted by atomic mass is 35.5. The molecule has 0 N–H and O–H groups in total. The molecule has 0 atom stereocenters. The lowest BCUT2D eigenvalue weighted by molar-refractivity contribution is -0.130. The average Bonchev–Trinajstić information content (AvgIpc) is 2.89. The Kier molecular flexibility index (Phi) is 5.39. The number of hydrogen-bond donors (Lipinski definition) is 0. The molecule has 1 fully saturated rings. The maximum atomic E-state index is 12.0. The van der Waals surface area contributed by atoms with Crippen molar-refractivity contribution < 1.29 is 9.59 Å². The topological polar surface area (TPSA) is 40.6 Å². The Morgan fingerprint density at radius 2 is 2.10 bits per heavy atom. The lowest BCUT2D eigenvalue weighted by Gasteiger charge is -2.20. The van der Waals surface area contributed by atoms with E-state index < -0.39 is 0 Å².